The molecule has 1 rings (SSSR count). The molecule has 0 saturated carbocycles. The van der Waals surface area contributed by atoms with Gasteiger partial charge in [0.1, 0.15) is 0 Å². The molecule has 0 amide bonds. The van der Waals surface area contributed by atoms with Crippen LogP contribution < -0.4 is 5.32 Å². The van der Waals surface area contributed by atoms with Crippen LogP contribution in [-0.2, 0) is 6.42 Å². The second kappa shape index (κ2) is 5.89. The Labute approximate surface area is 83.7 Å². The van der Waals surface area contributed by atoms with Crippen molar-refractivity contribution < 1.29 is 0 Å². The summed E-state index contributed by atoms with van der Waals surface area (Å²) in [6.45, 7) is 6.04. The van der Waals surface area contributed by atoms with Crippen molar-refractivity contribution >= 4 is 11.3 Å². The van der Waals surface area contributed by atoms with Crippen LogP contribution >= 0.6 is 11.3 Å². The van der Waals surface area contributed by atoms with E-state index in [1.54, 1.807) is 11.3 Å². The lowest BCUT2D eigenvalue weighted by atomic mass is 10.3. The van der Waals surface area contributed by atoms with Crippen molar-refractivity contribution in [3.8, 4) is 0 Å². The monoisotopic (exact) mass is 196 g/mol. The van der Waals surface area contributed by atoms with Crippen LogP contribution in [0.1, 0.15) is 17.6 Å². The van der Waals surface area contributed by atoms with E-state index >= 15 is 0 Å². The molecule has 2 nitrogen and oxygen atoms in total. The van der Waals surface area contributed by atoms with Gasteiger partial charge >= 0.3 is 0 Å². The Morgan fingerprint density at radius 3 is 3.08 bits per heavy atom. The lowest BCUT2D eigenvalue weighted by molar-refractivity contribution is 0.735. The summed E-state index contributed by atoms with van der Waals surface area (Å²) in [6.07, 6.45) is 5.20. The summed E-state index contributed by atoms with van der Waals surface area (Å²) in [5, 5.41) is 6.61. The van der Waals surface area contributed by atoms with Gasteiger partial charge in [0.2, 0.25) is 0 Å². The Kier molecular flexibility index (Phi) is 4.72. The molecule has 1 N–H and O–H groups in total. The molecule has 0 unspecified atom stereocenters. The van der Waals surface area contributed by atoms with Crippen LogP contribution in [0, 0.1) is 6.92 Å². The number of aryl methyl sites for hydroxylation is 1. The van der Waals surface area contributed by atoms with Gasteiger partial charge < -0.3 is 5.32 Å². The molecule has 3 heteroatoms. The van der Waals surface area contributed by atoms with Crippen molar-refractivity contribution in [3.05, 3.63) is 28.2 Å². The first kappa shape index (κ1) is 10.4. The maximum Gasteiger partial charge on any atom is 0.0897 e. The van der Waals surface area contributed by atoms with E-state index in [-0.39, 0.29) is 0 Å². The van der Waals surface area contributed by atoms with E-state index in [0.717, 1.165) is 24.5 Å². The van der Waals surface area contributed by atoms with E-state index in [1.165, 1.54) is 5.69 Å². The zero-order valence-corrected chi connectivity index (χ0v) is 9.03. The third kappa shape index (κ3) is 4.20. The van der Waals surface area contributed by atoms with E-state index in [9.17, 15) is 0 Å². The Balaban J connectivity index is 2.13. The molecule has 13 heavy (non-hydrogen) atoms. The van der Waals surface area contributed by atoms with Gasteiger partial charge in [0.15, 0.2) is 0 Å². The Bertz CT molecular complexity index is 266. The molecule has 72 valence electrons. The molecular weight excluding hydrogens is 180 g/mol. The first-order valence-electron chi connectivity index (χ1n) is 4.56. The van der Waals surface area contributed by atoms with Crippen molar-refractivity contribution in [1.29, 1.82) is 0 Å². The molecule has 0 spiro atoms. The number of nitrogens with one attached hydrogen (secondary N) is 1. The summed E-state index contributed by atoms with van der Waals surface area (Å²) in [7, 11) is 0. The Hall–Kier alpha value is -0.670. The van der Waals surface area contributed by atoms with Gasteiger partial charge in [0.25, 0.3) is 0 Å². The molecule has 0 radical (unpaired) electrons. The summed E-state index contributed by atoms with van der Waals surface area (Å²) in [6, 6.07) is 0. The summed E-state index contributed by atoms with van der Waals surface area (Å²) in [5.41, 5.74) is 1.20. The molecule has 1 aromatic heterocycles. The highest BCUT2D eigenvalue weighted by atomic mass is 32.1. The van der Waals surface area contributed by atoms with E-state index in [0.29, 0.717) is 0 Å². The van der Waals surface area contributed by atoms with Gasteiger partial charge in [-0.25, -0.2) is 4.98 Å². The van der Waals surface area contributed by atoms with Gasteiger partial charge in [-0.1, -0.05) is 12.2 Å². The van der Waals surface area contributed by atoms with Crippen LogP contribution in [0.2, 0.25) is 0 Å². The van der Waals surface area contributed by atoms with Crippen LogP contribution in [0.4, 0.5) is 0 Å². The molecule has 1 heterocycles. The van der Waals surface area contributed by atoms with Gasteiger partial charge in [0.05, 0.1) is 10.7 Å². The highest BCUT2D eigenvalue weighted by Gasteiger charge is 1.96. The maximum atomic E-state index is 4.39. The van der Waals surface area contributed by atoms with Gasteiger partial charge in [-0.3, -0.25) is 0 Å². The standard InChI is InChI=1S/C10H16N2S/c1-3-4-6-11-7-5-10-8-13-9(2)12-10/h3-4,8,11H,5-7H2,1-2H3/b4-3+. The number of hydrogen-bond donors (Lipinski definition) is 1. The lowest BCUT2D eigenvalue weighted by Crippen LogP contribution is -2.17. The third-order valence-electron chi connectivity index (χ3n) is 1.72. The smallest absolute Gasteiger partial charge is 0.0897 e. The lowest BCUT2D eigenvalue weighted by Gasteiger charge is -1.98. The zero-order valence-electron chi connectivity index (χ0n) is 8.21. The molecule has 0 aliphatic carbocycles. The minimum Gasteiger partial charge on any atom is -0.313 e. The molecular formula is C10H16N2S. The highest BCUT2D eigenvalue weighted by molar-refractivity contribution is 7.09. The summed E-state index contributed by atoms with van der Waals surface area (Å²) >= 11 is 1.72. The van der Waals surface area contributed by atoms with Crippen molar-refractivity contribution in [1.82, 2.24) is 10.3 Å². The van der Waals surface area contributed by atoms with Crippen molar-refractivity contribution in [2.75, 3.05) is 13.1 Å². The predicted octanol–water partition coefficient (Wildman–Crippen LogP) is 2.16. The summed E-state index contributed by atoms with van der Waals surface area (Å²) in [5.74, 6) is 0. The van der Waals surface area contributed by atoms with Gasteiger partial charge in [-0.05, 0) is 13.8 Å². The second-order valence-corrected chi connectivity index (χ2v) is 3.94. The van der Waals surface area contributed by atoms with Crippen LogP contribution in [0.3, 0.4) is 0 Å². The van der Waals surface area contributed by atoms with Crippen LogP contribution in [0.5, 0.6) is 0 Å². The molecule has 1 aromatic rings. The largest absolute Gasteiger partial charge is 0.313 e. The van der Waals surface area contributed by atoms with Crippen molar-refractivity contribution in [3.63, 3.8) is 0 Å². The normalized spacial score (nSPS) is 11.2. The van der Waals surface area contributed by atoms with Crippen molar-refractivity contribution in [2.24, 2.45) is 0 Å². The maximum absolute atomic E-state index is 4.39. The molecule has 0 aliphatic rings. The van der Waals surface area contributed by atoms with E-state index in [1.807, 2.05) is 13.8 Å². The minimum atomic E-state index is 0.958. The third-order valence-corrected chi connectivity index (χ3v) is 2.54. The average molecular weight is 196 g/mol. The molecule has 0 aromatic carbocycles. The first-order valence-corrected chi connectivity index (χ1v) is 5.43. The molecule has 0 fully saturated rings. The SMILES string of the molecule is C/C=C/CNCCc1csc(C)n1. The number of aromatic nitrogens is 1. The van der Waals surface area contributed by atoms with Gasteiger partial charge in [-0.2, -0.15) is 0 Å². The second-order valence-electron chi connectivity index (χ2n) is 2.88. The molecule has 0 saturated heterocycles. The quantitative estimate of drug-likeness (QED) is 0.576. The molecule has 0 atom stereocenters. The first-order chi connectivity index (χ1) is 6.33. The molecule has 0 bridgehead atoms. The van der Waals surface area contributed by atoms with Gasteiger partial charge in [-0.15, -0.1) is 11.3 Å². The van der Waals surface area contributed by atoms with Crippen LogP contribution in [0.15, 0.2) is 17.5 Å². The minimum absolute atomic E-state index is 0.958. The number of nitrogens with zero attached hydrogens (tertiary/aromatic N) is 1. The Morgan fingerprint density at radius 2 is 2.46 bits per heavy atom. The van der Waals surface area contributed by atoms with Crippen LogP contribution in [0.25, 0.3) is 0 Å². The fourth-order valence-corrected chi connectivity index (χ4v) is 1.69. The van der Waals surface area contributed by atoms with E-state index in [4.69, 9.17) is 0 Å². The van der Waals surface area contributed by atoms with Crippen molar-refractivity contribution in [2.45, 2.75) is 20.3 Å². The van der Waals surface area contributed by atoms with E-state index in [2.05, 4.69) is 27.8 Å². The number of allylic oxidation sites excluding steroid dienone is 1. The zero-order chi connectivity index (χ0) is 9.52. The fourth-order valence-electron chi connectivity index (χ4n) is 1.04. The highest BCUT2D eigenvalue weighted by Crippen LogP contribution is 2.07. The Morgan fingerprint density at radius 1 is 1.62 bits per heavy atom. The molecule has 0 aliphatic heterocycles. The number of thiazole rings is 1. The fraction of sp³-hybridized carbons (Fsp3) is 0.500. The summed E-state index contributed by atoms with van der Waals surface area (Å²) in [4.78, 5) is 4.39. The topological polar surface area (TPSA) is 24.9 Å². The van der Waals surface area contributed by atoms with Gasteiger partial charge in [0, 0.05) is 24.9 Å². The average Bonchev–Trinajstić information content (AvgIpc) is 2.51. The number of rotatable bonds is 5. The van der Waals surface area contributed by atoms with E-state index < -0.39 is 0 Å². The predicted molar refractivity (Wildman–Crippen MR) is 58.2 cm³/mol. The number of hydrogen-bond acceptors (Lipinski definition) is 3. The summed E-state index contributed by atoms with van der Waals surface area (Å²) < 4.78 is 0. The van der Waals surface area contributed by atoms with Crippen LogP contribution in [-0.4, -0.2) is 18.1 Å².